The second kappa shape index (κ2) is 5.43. The molecule has 0 rings (SSSR count). The Morgan fingerprint density at radius 2 is 2.33 bits per heavy atom. The lowest BCUT2D eigenvalue weighted by Crippen LogP contribution is -2.19. The van der Waals surface area contributed by atoms with E-state index in [1.54, 1.807) is 0 Å². The average molecular weight is 126 g/mol. The molecule has 0 aliphatic rings. The van der Waals surface area contributed by atoms with Crippen LogP contribution in [0.5, 0.6) is 0 Å². The molecule has 0 amide bonds. The summed E-state index contributed by atoms with van der Waals surface area (Å²) >= 11 is 0. The van der Waals surface area contributed by atoms with Crippen LogP contribution in [-0.2, 0) is 0 Å². The zero-order chi connectivity index (χ0) is 7.11. The number of nitrogens with zero attached hydrogens (tertiary/aromatic N) is 1. The zero-order valence-electron chi connectivity index (χ0n) is 6.15. The number of nitriles is 1. The normalized spacial score (nSPS) is 12.1. The SMILES string of the molecule is CCCC[C@H](C)NC#N. The van der Waals surface area contributed by atoms with E-state index in [0.717, 1.165) is 6.42 Å². The Morgan fingerprint density at radius 3 is 2.78 bits per heavy atom. The third kappa shape index (κ3) is 5.16. The molecule has 0 heterocycles. The molecule has 0 aliphatic carbocycles. The first kappa shape index (κ1) is 8.29. The summed E-state index contributed by atoms with van der Waals surface area (Å²) in [5.41, 5.74) is 0. The highest BCUT2D eigenvalue weighted by Gasteiger charge is 1.95. The maximum atomic E-state index is 8.17. The minimum atomic E-state index is 0.356. The van der Waals surface area contributed by atoms with Crippen LogP contribution in [0.25, 0.3) is 0 Å². The Labute approximate surface area is 56.9 Å². The van der Waals surface area contributed by atoms with E-state index in [2.05, 4.69) is 12.2 Å². The molecule has 2 heteroatoms. The van der Waals surface area contributed by atoms with E-state index < -0.39 is 0 Å². The van der Waals surface area contributed by atoms with E-state index in [9.17, 15) is 0 Å². The number of nitrogens with one attached hydrogen (secondary N) is 1. The second-order valence-corrected chi connectivity index (χ2v) is 2.30. The van der Waals surface area contributed by atoms with Crippen molar-refractivity contribution in [2.45, 2.75) is 39.2 Å². The molecule has 2 nitrogen and oxygen atoms in total. The molecule has 0 saturated carbocycles. The molecule has 0 fully saturated rings. The van der Waals surface area contributed by atoms with Gasteiger partial charge in [0.1, 0.15) is 0 Å². The van der Waals surface area contributed by atoms with Crippen molar-refractivity contribution < 1.29 is 0 Å². The Balaban J connectivity index is 3.08. The maximum absolute atomic E-state index is 8.17. The van der Waals surface area contributed by atoms with Crippen molar-refractivity contribution in [3.63, 3.8) is 0 Å². The third-order valence-electron chi connectivity index (χ3n) is 1.30. The van der Waals surface area contributed by atoms with Crippen molar-refractivity contribution in [1.82, 2.24) is 5.32 Å². The summed E-state index contributed by atoms with van der Waals surface area (Å²) in [6, 6.07) is 0.356. The van der Waals surface area contributed by atoms with E-state index in [1.807, 2.05) is 13.1 Å². The van der Waals surface area contributed by atoms with Crippen molar-refractivity contribution in [1.29, 1.82) is 5.26 Å². The van der Waals surface area contributed by atoms with E-state index in [4.69, 9.17) is 5.26 Å². The molecule has 52 valence electrons. The molecular formula is C7H14N2. The summed E-state index contributed by atoms with van der Waals surface area (Å²) in [5, 5.41) is 10.9. The molecule has 0 radical (unpaired) electrons. The molecule has 0 aliphatic heterocycles. The van der Waals surface area contributed by atoms with Crippen molar-refractivity contribution in [3.8, 4) is 6.19 Å². The van der Waals surface area contributed by atoms with Crippen LogP contribution >= 0.6 is 0 Å². The topological polar surface area (TPSA) is 35.8 Å². The summed E-state index contributed by atoms with van der Waals surface area (Å²) in [6.45, 7) is 4.18. The number of unbranched alkanes of at least 4 members (excludes halogenated alkanes) is 1. The van der Waals surface area contributed by atoms with Gasteiger partial charge in [0.15, 0.2) is 6.19 Å². The van der Waals surface area contributed by atoms with Crippen molar-refractivity contribution >= 4 is 0 Å². The molecule has 1 N–H and O–H groups in total. The average Bonchev–Trinajstić information content (AvgIpc) is 1.85. The van der Waals surface area contributed by atoms with Gasteiger partial charge in [-0.1, -0.05) is 19.8 Å². The fourth-order valence-electron chi connectivity index (χ4n) is 0.693. The van der Waals surface area contributed by atoms with Crippen LogP contribution < -0.4 is 5.32 Å². The third-order valence-corrected chi connectivity index (χ3v) is 1.30. The number of rotatable bonds is 4. The van der Waals surface area contributed by atoms with E-state index in [1.165, 1.54) is 12.8 Å². The van der Waals surface area contributed by atoms with Crippen LogP contribution in [0.15, 0.2) is 0 Å². The monoisotopic (exact) mass is 126 g/mol. The molecule has 1 atom stereocenters. The second-order valence-electron chi connectivity index (χ2n) is 2.30. The fraction of sp³-hybridized carbons (Fsp3) is 0.857. The first-order chi connectivity index (χ1) is 4.31. The van der Waals surface area contributed by atoms with E-state index >= 15 is 0 Å². The Bertz CT molecular complexity index is 93.6. The summed E-state index contributed by atoms with van der Waals surface area (Å²) < 4.78 is 0. The zero-order valence-corrected chi connectivity index (χ0v) is 6.15. The molecular weight excluding hydrogens is 112 g/mol. The molecule has 0 bridgehead atoms. The van der Waals surface area contributed by atoms with Crippen LogP contribution in [0.3, 0.4) is 0 Å². The van der Waals surface area contributed by atoms with E-state index in [0.29, 0.717) is 6.04 Å². The highest BCUT2D eigenvalue weighted by Crippen LogP contribution is 1.97. The lowest BCUT2D eigenvalue weighted by atomic mass is 10.1. The minimum Gasteiger partial charge on any atom is -0.321 e. The predicted octanol–water partition coefficient (Wildman–Crippen LogP) is 1.64. The van der Waals surface area contributed by atoms with Gasteiger partial charge in [0, 0.05) is 6.04 Å². The van der Waals surface area contributed by atoms with Crippen molar-refractivity contribution in [2.75, 3.05) is 0 Å². The predicted molar refractivity (Wildman–Crippen MR) is 37.7 cm³/mol. The van der Waals surface area contributed by atoms with Gasteiger partial charge in [-0.2, -0.15) is 5.26 Å². The number of hydrogen-bond donors (Lipinski definition) is 1. The standard InChI is InChI=1S/C7H14N2/c1-3-4-5-7(2)9-6-8/h7,9H,3-5H2,1-2H3/t7-/m0/s1. The molecule has 0 aromatic carbocycles. The quantitative estimate of drug-likeness (QED) is 0.459. The van der Waals surface area contributed by atoms with Crippen LogP contribution in [0.1, 0.15) is 33.1 Å². The molecule has 0 saturated heterocycles. The van der Waals surface area contributed by atoms with Gasteiger partial charge in [0.25, 0.3) is 0 Å². The Morgan fingerprint density at radius 1 is 1.67 bits per heavy atom. The van der Waals surface area contributed by atoms with Gasteiger partial charge < -0.3 is 5.32 Å². The molecule has 0 unspecified atom stereocenters. The summed E-state index contributed by atoms with van der Waals surface area (Å²) in [4.78, 5) is 0. The van der Waals surface area contributed by atoms with Gasteiger partial charge in [-0.05, 0) is 13.3 Å². The molecule has 0 aromatic rings. The van der Waals surface area contributed by atoms with Gasteiger partial charge in [-0.3, -0.25) is 0 Å². The lowest BCUT2D eigenvalue weighted by molar-refractivity contribution is 0.561. The minimum absolute atomic E-state index is 0.356. The highest BCUT2D eigenvalue weighted by molar-refractivity contribution is 4.71. The first-order valence-electron chi connectivity index (χ1n) is 3.45. The van der Waals surface area contributed by atoms with Gasteiger partial charge in [0.2, 0.25) is 0 Å². The van der Waals surface area contributed by atoms with Gasteiger partial charge in [-0.15, -0.1) is 0 Å². The van der Waals surface area contributed by atoms with Crippen LogP contribution in [0.4, 0.5) is 0 Å². The largest absolute Gasteiger partial charge is 0.321 e. The van der Waals surface area contributed by atoms with Crippen LogP contribution in [-0.4, -0.2) is 6.04 Å². The number of hydrogen-bond acceptors (Lipinski definition) is 2. The molecule has 0 spiro atoms. The highest BCUT2D eigenvalue weighted by atomic mass is 14.9. The van der Waals surface area contributed by atoms with Crippen LogP contribution in [0.2, 0.25) is 0 Å². The van der Waals surface area contributed by atoms with Gasteiger partial charge in [0.05, 0.1) is 0 Å². The fourth-order valence-corrected chi connectivity index (χ4v) is 0.693. The van der Waals surface area contributed by atoms with Crippen LogP contribution in [0, 0.1) is 11.5 Å². The first-order valence-corrected chi connectivity index (χ1v) is 3.45. The molecule has 9 heavy (non-hydrogen) atoms. The Hall–Kier alpha value is -0.710. The van der Waals surface area contributed by atoms with Gasteiger partial charge in [-0.25, -0.2) is 0 Å². The molecule has 0 aromatic heterocycles. The Kier molecular flexibility index (Phi) is 5.00. The maximum Gasteiger partial charge on any atom is 0.176 e. The summed E-state index contributed by atoms with van der Waals surface area (Å²) in [6.07, 6.45) is 5.44. The van der Waals surface area contributed by atoms with Gasteiger partial charge >= 0.3 is 0 Å². The lowest BCUT2D eigenvalue weighted by Gasteiger charge is -2.05. The summed E-state index contributed by atoms with van der Waals surface area (Å²) in [7, 11) is 0. The van der Waals surface area contributed by atoms with E-state index in [-0.39, 0.29) is 0 Å². The van der Waals surface area contributed by atoms with Crippen molar-refractivity contribution in [2.24, 2.45) is 0 Å². The smallest absolute Gasteiger partial charge is 0.176 e. The summed E-state index contributed by atoms with van der Waals surface area (Å²) in [5.74, 6) is 0. The van der Waals surface area contributed by atoms with Crippen molar-refractivity contribution in [3.05, 3.63) is 0 Å².